The van der Waals surface area contributed by atoms with Crippen LogP contribution in [0.25, 0.3) is 0 Å². The van der Waals surface area contributed by atoms with Crippen molar-refractivity contribution in [3.8, 4) is 0 Å². The van der Waals surface area contributed by atoms with Crippen LogP contribution in [0.2, 0.25) is 0 Å². The molecule has 0 spiro atoms. The molecule has 1 atom stereocenters. The van der Waals surface area contributed by atoms with Crippen molar-refractivity contribution in [3.05, 3.63) is 23.9 Å². The average molecular weight is 201 g/mol. The van der Waals surface area contributed by atoms with Gasteiger partial charge in [0.2, 0.25) is 0 Å². The second-order valence-corrected chi connectivity index (χ2v) is 3.53. The lowest BCUT2D eigenvalue weighted by Crippen LogP contribution is -1.97. The van der Waals surface area contributed by atoms with Crippen molar-refractivity contribution >= 4 is 22.5 Å². The molecule has 1 N–H and O–H groups in total. The summed E-state index contributed by atoms with van der Waals surface area (Å²) in [5.41, 5.74) is 0.861. The van der Waals surface area contributed by atoms with E-state index in [9.17, 15) is 5.11 Å². The normalized spacial score (nSPS) is 12.9. The van der Waals surface area contributed by atoms with Crippen molar-refractivity contribution in [2.45, 2.75) is 24.5 Å². The number of aromatic nitrogens is 1. The van der Waals surface area contributed by atoms with Gasteiger partial charge in [-0.1, -0.05) is 13.0 Å². The molecule has 0 bridgehead atoms. The minimum Gasteiger partial charge on any atom is -0.388 e. The summed E-state index contributed by atoms with van der Waals surface area (Å²) >= 11 is 4.06. The third kappa shape index (κ3) is 2.15. The molecule has 0 radical (unpaired) electrons. The number of pyridine rings is 1. The van der Waals surface area contributed by atoms with E-state index in [0.29, 0.717) is 6.42 Å². The molecule has 0 aromatic carbocycles. The molecule has 0 saturated carbocycles. The number of rotatable bonds is 3. The Morgan fingerprint density at radius 3 is 3.08 bits per heavy atom. The Morgan fingerprint density at radius 1 is 1.75 bits per heavy atom. The van der Waals surface area contributed by atoms with Crippen LogP contribution in [0.1, 0.15) is 25.0 Å². The maximum Gasteiger partial charge on any atom is 0.112 e. The Morgan fingerprint density at radius 2 is 2.50 bits per heavy atom. The van der Waals surface area contributed by atoms with Crippen LogP contribution in [-0.2, 0) is 0 Å². The van der Waals surface area contributed by atoms with Crippen LogP contribution in [-0.4, -0.2) is 10.1 Å². The number of aliphatic hydroxyl groups is 1. The second-order valence-electron chi connectivity index (χ2n) is 2.41. The topological polar surface area (TPSA) is 33.1 Å². The van der Waals surface area contributed by atoms with Crippen LogP contribution in [0, 0.1) is 0 Å². The molecular weight excluding hydrogens is 190 g/mol. The Hall–Kier alpha value is -0.190. The van der Waals surface area contributed by atoms with E-state index in [2.05, 4.69) is 16.6 Å². The molecule has 2 nitrogen and oxygen atoms in total. The summed E-state index contributed by atoms with van der Waals surface area (Å²) in [6.07, 6.45) is 1.98. The molecule has 1 rings (SSSR count). The highest BCUT2D eigenvalue weighted by Gasteiger charge is 2.09. The van der Waals surface area contributed by atoms with Gasteiger partial charge >= 0.3 is 0 Å². The van der Waals surface area contributed by atoms with Crippen LogP contribution in [0.5, 0.6) is 0 Å². The van der Waals surface area contributed by atoms with Gasteiger partial charge in [-0.2, -0.15) is 0 Å². The Balaban J connectivity index is 2.96. The molecule has 12 heavy (non-hydrogen) atoms. The van der Waals surface area contributed by atoms with Crippen LogP contribution in [0.4, 0.5) is 0 Å². The van der Waals surface area contributed by atoms with Crippen molar-refractivity contribution < 1.29 is 5.11 Å². The standard InChI is InChI=1S/C8H11NOS2/c1-2-7(10)6-4-3-5-9-8(6)12-11/h3-5,7,10-11H,2H2,1H3. The highest BCUT2D eigenvalue weighted by Crippen LogP contribution is 2.28. The van der Waals surface area contributed by atoms with Gasteiger partial charge in [-0.15, -0.1) is 11.7 Å². The quantitative estimate of drug-likeness (QED) is 0.582. The Bertz CT molecular complexity index is 255. The van der Waals surface area contributed by atoms with Gasteiger partial charge < -0.3 is 5.11 Å². The number of nitrogens with zero attached hydrogens (tertiary/aromatic N) is 1. The molecule has 0 aliphatic heterocycles. The molecule has 1 heterocycles. The first-order chi connectivity index (χ1) is 5.79. The van der Waals surface area contributed by atoms with E-state index >= 15 is 0 Å². The zero-order valence-electron chi connectivity index (χ0n) is 6.77. The van der Waals surface area contributed by atoms with E-state index in [1.165, 1.54) is 10.8 Å². The first kappa shape index (κ1) is 9.89. The van der Waals surface area contributed by atoms with Crippen molar-refractivity contribution in [2.75, 3.05) is 0 Å². The first-order valence-corrected chi connectivity index (χ1v) is 5.60. The summed E-state index contributed by atoms with van der Waals surface area (Å²) in [5.74, 6) is 0. The van der Waals surface area contributed by atoms with Crippen LogP contribution >= 0.6 is 22.5 Å². The van der Waals surface area contributed by atoms with E-state index in [1.54, 1.807) is 6.20 Å². The maximum absolute atomic E-state index is 9.55. The molecule has 66 valence electrons. The minimum atomic E-state index is -0.423. The lowest BCUT2D eigenvalue weighted by molar-refractivity contribution is 0.170. The highest BCUT2D eigenvalue weighted by molar-refractivity contribution is 8.68. The van der Waals surface area contributed by atoms with Crippen molar-refractivity contribution in [3.63, 3.8) is 0 Å². The van der Waals surface area contributed by atoms with Crippen LogP contribution in [0.3, 0.4) is 0 Å². The summed E-state index contributed by atoms with van der Waals surface area (Å²) in [6, 6.07) is 3.70. The van der Waals surface area contributed by atoms with Gasteiger partial charge in [0.25, 0.3) is 0 Å². The van der Waals surface area contributed by atoms with Crippen LogP contribution in [0.15, 0.2) is 23.4 Å². The molecule has 1 aromatic heterocycles. The van der Waals surface area contributed by atoms with Crippen molar-refractivity contribution in [1.29, 1.82) is 0 Å². The van der Waals surface area contributed by atoms with E-state index in [4.69, 9.17) is 0 Å². The average Bonchev–Trinajstić information content (AvgIpc) is 2.16. The zero-order chi connectivity index (χ0) is 8.97. The summed E-state index contributed by atoms with van der Waals surface area (Å²) in [6.45, 7) is 1.94. The van der Waals surface area contributed by atoms with E-state index in [0.717, 1.165) is 10.6 Å². The largest absolute Gasteiger partial charge is 0.388 e. The third-order valence-electron chi connectivity index (χ3n) is 1.63. The van der Waals surface area contributed by atoms with Gasteiger partial charge in [0, 0.05) is 11.8 Å². The number of aliphatic hydroxyl groups excluding tert-OH is 1. The lowest BCUT2D eigenvalue weighted by Gasteiger charge is -2.09. The molecule has 4 heteroatoms. The smallest absolute Gasteiger partial charge is 0.112 e. The van der Waals surface area contributed by atoms with E-state index < -0.39 is 6.10 Å². The lowest BCUT2D eigenvalue weighted by atomic mass is 10.1. The van der Waals surface area contributed by atoms with Gasteiger partial charge in [-0.25, -0.2) is 4.98 Å². The molecular formula is C8H11NOS2. The molecule has 0 amide bonds. The fraction of sp³-hybridized carbons (Fsp3) is 0.375. The molecule has 0 fully saturated rings. The third-order valence-corrected chi connectivity index (χ3v) is 2.67. The van der Waals surface area contributed by atoms with Crippen LogP contribution < -0.4 is 0 Å². The summed E-state index contributed by atoms with van der Waals surface area (Å²) < 4.78 is 0. The van der Waals surface area contributed by atoms with Crippen molar-refractivity contribution in [2.24, 2.45) is 0 Å². The Labute approximate surface area is 81.2 Å². The van der Waals surface area contributed by atoms with Gasteiger partial charge in [-0.3, -0.25) is 0 Å². The summed E-state index contributed by atoms with van der Waals surface area (Å²) in [7, 11) is 1.26. The summed E-state index contributed by atoms with van der Waals surface area (Å²) in [4.78, 5) is 4.09. The van der Waals surface area contributed by atoms with Crippen molar-refractivity contribution in [1.82, 2.24) is 4.98 Å². The van der Waals surface area contributed by atoms with E-state index in [1.807, 2.05) is 19.1 Å². The molecule has 0 saturated heterocycles. The molecule has 0 aliphatic rings. The zero-order valence-corrected chi connectivity index (χ0v) is 8.48. The minimum absolute atomic E-state index is 0.423. The molecule has 1 aromatic rings. The first-order valence-electron chi connectivity index (χ1n) is 3.74. The monoisotopic (exact) mass is 201 g/mol. The fourth-order valence-corrected chi connectivity index (χ4v) is 1.83. The number of hydrogen-bond donors (Lipinski definition) is 2. The highest BCUT2D eigenvalue weighted by atomic mass is 33.1. The van der Waals surface area contributed by atoms with E-state index in [-0.39, 0.29) is 0 Å². The second kappa shape index (κ2) is 4.74. The maximum atomic E-state index is 9.55. The van der Waals surface area contributed by atoms with Gasteiger partial charge in [0.1, 0.15) is 5.03 Å². The number of hydrogen-bond acceptors (Lipinski definition) is 4. The fourth-order valence-electron chi connectivity index (χ4n) is 0.953. The Kier molecular flexibility index (Phi) is 3.91. The molecule has 1 unspecified atom stereocenters. The SMILES string of the molecule is CCC(O)c1cccnc1SS. The number of thiol groups is 1. The van der Waals surface area contributed by atoms with Gasteiger partial charge in [0.15, 0.2) is 0 Å². The predicted molar refractivity (Wildman–Crippen MR) is 54.3 cm³/mol. The van der Waals surface area contributed by atoms with Gasteiger partial charge in [-0.05, 0) is 23.3 Å². The summed E-state index contributed by atoms with van der Waals surface area (Å²) in [5, 5.41) is 10.3. The van der Waals surface area contributed by atoms with Gasteiger partial charge in [0.05, 0.1) is 6.10 Å². The predicted octanol–water partition coefficient (Wildman–Crippen LogP) is 2.46. The molecule has 0 aliphatic carbocycles.